The maximum atomic E-state index is 5.46. The maximum Gasteiger partial charge on any atom is 0.141 e. The van der Waals surface area contributed by atoms with Gasteiger partial charge < -0.3 is 16.9 Å². The van der Waals surface area contributed by atoms with Crippen molar-refractivity contribution in [2.75, 3.05) is 24.2 Å². The molecule has 0 unspecified atom stereocenters. The van der Waals surface area contributed by atoms with E-state index in [9.17, 15) is 0 Å². The van der Waals surface area contributed by atoms with Gasteiger partial charge in [-0.1, -0.05) is 26.7 Å². The van der Waals surface area contributed by atoms with Crippen molar-refractivity contribution in [3.8, 4) is 12.3 Å². The highest BCUT2D eigenvalue weighted by molar-refractivity contribution is 14.1. The zero-order valence-electron chi connectivity index (χ0n) is 9.94. The Hall–Kier alpha value is 0.540. The van der Waals surface area contributed by atoms with Gasteiger partial charge in [0.05, 0.1) is 13.1 Å². The standard InChI is InChI=1S/C12H23IN.ClH/c1-4-7-10-14(12-13,9-6-3)11-8-5-2;/h3H,4-5,7-12H2,1-2H3;1H/q+1;/p-1. The lowest BCUT2D eigenvalue weighted by molar-refractivity contribution is -0.906. The van der Waals surface area contributed by atoms with E-state index in [1.165, 1.54) is 38.8 Å². The molecule has 0 bridgehead atoms. The number of hydrogen-bond acceptors (Lipinski definition) is 0. The Morgan fingerprint density at radius 2 is 1.60 bits per heavy atom. The minimum Gasteiger partial charge on any atom is -1.00 e. The maximum absolute atomic E-state index is 5.46. The van der Waals surface area contributed by atoms with Gasteiger partial charge in [-0.15, -0.1) is 6.42 Å². The first-order valence-electron chi connectivity index (χ1n) is 5.59. The Balaban J connectivity index is 0. The Kier molecular flexibility index (Phi) is 13.2. The molecule has 15 heavy (non-hydrogen) atoms. The van der Waals surface area contributed by atoms with Crippen LogP contribution in [0.4, 0.5) is 0 Å². The molecule has 0 fully saturated rings. The smallest absolute Gasteiger partial charge is 0.141 e. The fraction of sp³-hybridized carbons (Fsp3) is 0.833. The van der Waals surface area contributed by atoms with E-state index >= 15 is 0 Å². The third-order valence-corrected chi connectivity index (χ3v) is 4.10. The van der Waals surface area contributed by atoms with Crippen LogP contribution in [0, 0.1) is 12.3 Å². The molecule has 0 aromatic rings. The summed E-state index contributed by atoms with van der Waals surface area (Å²) in [6, 6.07) is 0. The molecular formula is C12H23ClIN. The summed E-state index contributed by atoms with van der Waals surface area (Å²) in [5.74, 6) is 2.84. The Morgan fingerprint density at radius 1 is 1.13 bits per heavy atom. The molecule has 0 atom stereocenters. The molecule has 0 N–H and O–H groups in total. The van der Waals surface area contributed by atoms with Gasteiger partial charge in [0.1, 0.15) is 11.1 Å². The number of unbranched alkanes of at least 4 members (excludes halogenated alkanes) is 2. The number of terminal acetylenes is 1. The van der Waals surface area contributed by atoms with Crippen molar-refractivity contribution < 1.29 is 16.9 Å². The molecule has 0 rings (SSSR count). The molecule has 0 amide bonds. The highest BCUT2D eigenvalue weighted by Crippen LogP contribution is 2.14. The molecule has 0 aliphatic carbocycles. The molecule has 90 valence electrons. The monoisotopic (exact) mass is 343 g/mol. The van der Waals surface area contributed by atoms with E-state index in [1.807, 2.05) is 0 Å². The van der Waals surface area contributed by atoms with Crippen molar-refractivity contribution >= 4 is 22.6 Å². The van der Waals surface area contributed by atoms with Gasteiger partial charge in [0.2, 0.25) is 0 Å². The largest absolute Gasteiger partial charge is 1.00 e. The summed E-state index contributed by atoms with van der Waals surface area (Å²) in [6.45, 7) is 7.91. The lowest BCUT2D eigenvalue weighted by Crippen LogP contribution is -3.00. The van der Waals surface area contributed by atoms with Crippen LogP contribution in [0.5, 0.6) is 0 Å². The number of quaternary nitrogens is 1. The summed E-state index contributed by atoms with van der Waals surface area (Å²) in [7, 11) is 0. The summed E-state index contributed by atoms with van der Waals surface area (Å²) in [5, 5.41) is 0. The molecule has 0 saturated heterocycles. The minimum absolute atomic E-state index is 0. The molecule has 0 heterocycles. The van der Waals surface area contributed by atoms with E-state index in [-0.39, 0.29) is 12.4 Å². The van der Waals surface area contributed by atoms with Gasteiger partial charge in [0.25, 0.3) is 0 Å². The van der Waals surface area contributed by atoms with Crippen molar-refractivity contribution in [2.45, 2.75) is 39.5 Å². The van der Waals surface area contributed by atoms with E-state index in [4.69, 9.17) is 6.42 Å². The predicted octanol–water partition coefficient (Wildman–Crippen LogP) is 0.433. The summed E-state index contributed by atoms with van der Waals surface area (Å²) in [6.07, 6.45) is 10.6. The van der Waals surface area contributed by atoms with Crippen LogP contribution in [0.25, 0.3) is 0 Å². The number of alkyl halides is 1. The van der Waals surface area contributed by atoms with Gasteiger partial charge in [-0.2, -0.15) is 0 Å². The van der Waals surface area contributed by atoms with E-state index < -0.39 is 0 Å². The van der Waals surface area contributed by atoms with Gasteiger partial charge in [-0.3, -0.25) is 0 Å². The average Bonchev–Trinajstić information content (AvgIpc) is 2.22. The molecule has 0 aliphatic heterocycles. The number of hydrogen-bond donors (Lipinski definition) is 0. The van der Waals surface area contributed by atoms with E-state index in [0.717, 1.165) is 15.6 Å². The first-order valence-corrected chi connectivity index (χ1v) is 7.11. The Bertz CT molecular complexity index is 169. The van der Waals surface area contributed by atoms with Crippen LogP contribution >= 0.6 is 22.6 Å². The molecule has 0 saturated carbocycles. The van der Waals surface area contributed by atoms with Gasteiger partial charge >= 0.3 is 0 Å². The zero-order valence-corrected chi connectivity index (χ0v) is 12.9. The molecule has 3 heteroatoms. The second-order valence-electron chi connectivity index (χ2n) is 3.98. The summed E-state index contributed by atoms with van der Waals surface area (Å²) in [4.78, 5) is 0. The summed E-state index contributed by atoms with van der Waals surface area (Å²) in [5.41, 5.74) is 0. The summed E-state index contributed by atoms with van der Waals surface area (Å²) >= 11 is 2.48. The molecule has 0 aromatic carbocycles. The molecular weight excluding hydrogens is 320 g/mol. The topological polar surface area (TPSA) is 0 Å². The normalized spacial score (nSPS) is 10.5. The molecule has 0 spiro atoms. The number of rotatable bonds is 8. The van der Waals surface area contributed by atoms with Gasteiger partial charge in [0.15, 0.2) is 0 Å². The van der Waals surface area contributed by atoms with Crippen LogP contribution in [0.1, 0.15) is 39.5 Å². The summed E-state index contributed by atoms with van der Waals surface area (Å²) < 4.78 is 2.28. The highest BCUT2D eigenvalue weighted by atomic mass is 127. The van der Waals surface area contributed by atoms with Gasteiger partial charge in [-0.25, -0.2) is 0 Å². The third kappa shape index (κ3) is 7.43. The fourth-order valence-corrected chi connectivity index (χ4v) is 2.54. The Morgan fingerprint density at radius 3 is 1.87 bits per heavy atom. The lowest BCUT2D eigenvalue weighted by atomic mass is 10.2. The van der Waals surface area contributed by atoms with Crippen molar-refractivity contribution in [3.05, 3.63) is 0 Å². The molecule has 0 aromatic heterocycles. The van der Waals surface area contributed by atoms with Crippen LogP contribution in [0.15, 0.2) is 0 Å². The Labute approximate surface area is 115 Å². The van der Waals surface area contributed by atoms with Gasteiger partial charge in [0, 0.05) is 0 Å². The van der Waals surface area contributed by atoms with E-state index in [1.54, 1.807) is 0 Å². The first kappa shape index (κ1) is 17.9. The second-order valence-corrected chi connectivity index (χ2v) is 4.66. The third-order valence-electron chi connectivity index (χ3n) is 2.65. The van der Waals surface area contributed by atoms with E-state index in [0.29, 0.717) is 0 Å². The number of nitrogens with zero attached hydrogens (tertiary/aromatic N) is 1. The molecule has 1 nitrogen and oxygen atoms in total. The second kappa shape index (κ2) is 11.0. The van der Waals surface area contributed by atoms with Crippen molar-refractivity contribution in [1.29, 1.82) is 0 Å². The zero-order chi connectivity index (χ0) is 10.9. The van der Waals surface area contributed by atoms with Crippen molar-refractivity contribution in [3.63, 3.8) is 0 Å². The minimum atomic E-state index is 0. The predicted molar refractivity (Wildman–Crippen MR) is 72.4 cm³/mol. The molecule has 0 aliphatic rings. The van der Waals surface area contributed by atoms with Crippen LogP contribution in [-0.4, -0.2) is 28.7 Å². The number of halogens is 2. The van der Waals surface area contributed by atoms with Gasteiger partial charge in [-0.05, 0) is 41.4 Å². The SMILES string of the molecule is C#CC[N+](CI)(CCCC)CCCC.[Cl-]. The highest BCUT2D eigenvalue weighted by Gasteiger charge is 2.23. The fourth-order valence-electron chi connectivity index (χ4n) is 1.61. The van der Waals surface area contributed by atoms with Crippen LogP contribution in [0.2, 0.25) is 0 Å². The van der Waals surface area contributed by atoms with Crippen LogP contribution in [-0.2, 0) is 0 Å². The average molecular weight is 344 g/mol. The quantitative estimate of drug-likeness (QED) is 0.197. The first-order chi connectivity index (χ1) is 6.74. The van der Waals surface area contributed by atoms with E-state index in [2.05, 4.69) is 42.4 Å². The molecule has 0 radical (unpaired) electrons. The van der Waals surface area contributed by atoms with Crippen molar-refractivity contribution in [2.24, 2.45) is 0 Å². The van der Waals surface area contributed by atoms with Crippen LogP contribution in [0.3, 0.4) is 0 Å². The van der Waals surface area contributed by atoms with Crippen molar-refractivity contribution in [1.82, 2.24) is 0 Å². The van der Waals surface area contributed by atoms with Crippen LogP contribution < -0.4 is 12.4 Å². The lowest BCUT2D eigenvalue weighted by Gasteiger charge is -2.35.